The zero-order chi connectivity index (χ0) is 37.1. The maximum atomic E-state index is 10.9. The molecule has 0 unspecified atom stereocenters. The average molecular weight is 777 g/mol. The fraction of sp³-hybridized carbons (Fsp3) is 0.289. The minimum atomic E-state index is -0.709. The summed E-state index contributed by atoms with van der Waals surface area (Å²) in [5.41, 5.74) is 5.77. The molecule has 9 nitrogen and oxygen atoms in total. The number of ether oxygens (including phenoxy) is 2. The van der Waals surface area contributed by atoms with E-state index in [0.717, 1.165) is 40.8 Å². The zero-order valence-electron chi connectivity index (χ0n) is 28.0. The van der Waals surface area contributed by atoms with Crippen LogP contribution in [-0.2, 0) is 29.3 Å². The predicted octanol–water partition coefficient (Wildman–Crippen LogP) is 8.38. The number of carboxylic acids is 2. The van der Waals surface area contributed by atoms with Crippen LogP contribution in [0.15, 0.2) is 72.8 Å². The van der Waals surface area contributed by atoms with E-state index in [1.807, 2.05) is 50.2 Å². The number of hydrogen-bond acceptors (Lipinski definition) is 7. The van der Waals surface area contributed by atoms with Gasteiger partial charge in [-0.1, -0.05) is 64.6 Å². The highest BCUT2D eigenvalue weighted by molar-refractivity contribution is 6.42. The Bertz CT molecular complexity index is 1850. The first-order chi connectivity index (χ1) is 24.3. The van der Waals surface area contributed by atoms with E-state index in [1.165, 1.54) is 5.56 Å². The molecule has 3 N–H and O–H groups in total. The molecule has 0 aromatic heterocycles. The Morgan fingerprint density at radius 2 is 1.24 bits per heavy atom. The smallest absolute Gasteiger partial charge is 0.309 e. The fourth-order valence-electron chi connectivity index (χ4n) is 4.96. The number of nitrogens with one attached hydrogen (secondary N) is 1. The minimum Gasteiger partial charge on any atom is -0.489 e. The standard InChI is InChI=1S/C19H19Cl2NO3.C15H12Cl2O2.C4H7NO2/c1-12-6-16(25-11-13-2-5-17(20)18(21)7-13)4-3-14(12)8-22-9-15(10-22)19(23)24;1-10-6-13(4-3-12(10)8-18)19-9-11-2-5-14(16)15(17)7-11;6-4(7)3-1-5-2-3/h2-7,15H,8-11H2,1H3,(H,23,24);2-8H,9H2,1H3;3,5H,1-2H2,(H,6,7). The van der Waals surface area contributed by atoms with Crippen molar-refractivity contribution in [3.8, 4) is 11.5 Å². The van der Waals surface area contributed by atoms with Crippen LogP contribution in [0.2, 0.25) is 20.1 Å². The van der Waals surface area contributed by atoms with E-state index in [-0.39, 0.29) is 11.8 Å². The summed E-state index contributed by atoms with van der Waals surface area (Å²) in [4.78, 5) is 33.7. The zero-order valence-corrected chi connectivity index (χ0v) is 31.0. The van der Waals surface area contributed by atoms with Crippen LogP contribution >= 0.6 is 46.4 Å². The number of rotatable bonds is 11. The number of hydrogen-bond donors (Lipinski definition) is 3. The molecule has 0 atom stereocenters. The molecule has 270 valence electrons. The molecule has 6 rings (SSSR count). The van der Waals surface area contributed by atoms with Gasteiger partial charge in [0.2, 0.25) is 0 Å². The van der Waals surface area contributed by atoms with Crippen LogP contribution in [0, 0.1) is 25.7 Å². The first-order valence-electron chi connectivity index (χ1n) is 16.0. The Kier molecular flexibility index (Phi) is 15.0. The number of aryl methyl sites for hydroxylation is 2. The van der Waals surface area contributed by atoms with Gasteiger partial charge in [0.1, 0.15) is 31.0 Å². The van der Waals surface area contributed by atoms with Gasteiger partial charge in [0.15, 0.2) is 0 Å². The van der Waals surface area contributed by atoms with Gasteiger partial charge < -0.3 is 25.0 Å². The van der Waals surface area contributed by atoms with Gasteiger partial charge in [0, 0.05) is 38.3 Å². The number of halogens is 4. The van der Waals surface area contributed by atoms with Gasteiger partial charge in [-0.2, -0.15) is 0 Å². The molecule has 2 aliphatic heterocycles. The van der Waals surface area contributed by atoms with Gasteiger partial charge in [0.05, 0.1) is 31.9 Å². The molecule has 4 aromatic carbocycles. The van der Waals surface area contributed by atoms with Crippen molar-refractivity contribution in [3.05, 3.63) is 126 Å². The topological polar surface area (TPSA) is 125 Å². The Morgan fingerprint density at radius 3 is 1.63 bits per heavy atom. The van der Waals surface area contributed by atoms with E-state index in [2.05, 4.69) is 10.2 Å². The summed E-state index contributed by atoms with van der Waals surface area (Å²) in [5.74, 6) is -0.222. The van der Waals surface area contributed by atoms with Crippen LogP contribution in [0.5, 0.6) is 11.5 Å². The molecule has 2 heterocycles. The number of nitrogens with zero attached hydrogens (tertiary/aromatic N) is 1. The normalized spacial score (nSPS) is 14.1. The van der Waals surface area contributed by atoms with Gasteiger partial charge in [-0.05, 0) is 96.3 Å². The largest absolute Gasteiger partial charge is 0.489 e. The van der Waals surface area contributed by atoms with E-state index in [0.29, 0.717) is 70.8 Å². The molecule has 4 aromatic rings. The maximum Gasteiger partial charge on any atom is 0.309 e. The van der Waals surface area contributed by atoms with Crippen LogP contribution < -0.4 is 14.8 Å². The van der Waals surface area contributed by atoms with Crippen molar-refractivity contribution in [3.63, 3.8) is 0 Å². The highest BCUT2D eigenvalue weighted by Gasteiger charge is 2.32. The quantitative estimate of drug-likeness (QED) is 0.129. The number of aldehydes is 1. The molecular weight excluding hydrogens is 738 g/mol. The highest BCUT2D eigenvalue weighted by Crippen LogP contribution is 2.27. The number of carboxylic acid groups (broad SMARTS) is 2. The van der Waals surface area contributed by atoms with Crippen molar-refractivity contribution in [2.75, 3.05) is 26.2 Å². The molecule has 13 heteroatoms. The SMILES string of the molecule is Cc1cc(OCc2ccc(Cl)c(Cl)c2)ccc1C=O.Cc1cc(OCc2ccc(Cl)c(Cl)c2)ccc1CN1CC(C(=O)O)C1.O=C(O)C1CNC1. The number of carbonyl (C=O) groups excluding carboxylic acids is 1. The first kappa shape index (κ1) is 39.9. The Balaban J connectivity index is 0.000000197. The number of carbonyl (C=O) groups is 3. The molecule has 0 saturated carbocycles. The average Bonchev–Trinajstić information content (AvgIpc) is 3.04. The number of aliphatic carboxylic acids is 2. The van der Waals surface area contributed by atoms with E-state index in [4.69, 9.17) is 66.1 Å². The van der Waals surface area contributed by atoms with Crippen LogP contribution in [0.1, 0.15) is 38.2 Å². The van der Waals surface area contributed by atoms with Crippen molar-refractivity contribution in [2.45, 2.75) is 33.6 Å². The Hall–Kier alpha value is -3.83. The Labute approximate surface area is 317 Å². The van der Waals surface area contributed by atoms with E-state index in [9.17, 15) is 14.4 Å². The van der Waals surface area contributed by atoms with Crippen LogP contribution in [0.3, 0.4) is 0 Å². The van der Waals surface area contributed by atoms with Gasteiger partial charge >= 0.3 is 11.9 Å². The van der Waals surface area contributed by atoms with Crippen molar-refractivity contribution in [1.82, 2.24) is 10.2 Å². The van der Waals surface area contributed by atoms with Crippen LogP contribution in [-0.4, -0.2) is 59.5 Å². The van der Waals surface area contributed by atoms with Crippen LogP contribution in [0.4, 0.5) is 0 Å². The van der Waals surface area contributed by atoms with Crippen molar-refractivity contribution < 1.29 is 34.1 Å². The summed E-state index contributed by atoms with van der Waals surface area (Å²) in [6.45, 7) is 8.02. The predicted molar refractivity (Wildman–Crippen MR) is 200 cm³/mol. The molecule has 51 heavy (non-hydrogen) atoms. The van der Waals surface area contributed by atoms with E-state index in [1.54, 1.807) is 36.4 Å². The number of benzene rings is 4. The molecular formula is C38H38Cl4N2O7. The molecule has 2 fully saturated rings. The van der Waals surface area contributed by atoms with Gasteiger partial charge in [-0.15, -0.1) is 0 Å². The summed E-state index contributed by atoms with van der Waals surface area (Å²) in [5, 5.41) is 22.1. The molecule has 0 bridgehead atoms. The monoisotopic (exact) mass is 774 g/mol. The second-order valence-electron chi connectivity index (χ2n) is 12.2. The lowest BCUT2D eigenvalue weighted by atomic mass is 9.98. The number of likely N-dealkylation sites (tertiary alicyclic amines) is 1. The third-order valence-electron chi connectivity index (χ3n) is 8.29. The summed E-state index contributed by atoms with van der Waals surface area (Å²) in [6, 6.07) is 22.1. The summed E-state index contributed by atoms with van der Waals surface area (Å²) >= 11 is 23.7. The third kappa shape index (κ3) is 12.1. The lowest BCUT2D eigenvalue weighted by Crippen LogP contribution is -2.49. The summed E-state index contributed by atoms with van der Waals surface area (Å²) in [7, 11) is 0. The molecule has 0 radical (unpaired) electrons. The lowest BCUT2D eigenvalue weighted by Gasteiger charge is -2.36. The second-order valence-corrected chi connectivity index (χ2v) is 13.9. The Morgan fingerprint density at radius 1 is 0.725 bits per heavy atom. The molecule has 0 amide bonds. The van der Waals surface area contributed by atoms with E-state index < -0.39 is 11.9 Å². The first-order valence-corrected chi connectivity index (χ1v) is 17.5. The highest BCUT2D eigenvalue weighted by atomic mass is 35.5. The molecule has 2 saturated heterocycles. The van der Waals surface area contributed by atoms with Crippen molar-refractivity contribution >= 4 is 64.6 Å². The van der Waals surface area contributed by atoms with Gasteiger partial charge in [-0.25, -0.2) is 0 Å². The van der Waals surface area contributed by atoms with Crippen LogP contribution in [0.25, 0.3) is 0 Å². The van der Waals surface area contributed by atoms with Gasteiger partial charge in [-0.3, -0.25) is 19.3 Å². The van der Waals surface area contributed by atoms with Crippen molar-refractivity contribution in [1.29, 1.82) is 0 Å². The van der Waals surface area contributed by atoms with E-state index >= 15 is 0 Å². The van der Waals surface area contributed by atoms with Crippen molar-refractivity contribution in [2.24, 2.45) is 11.8 Å². The molecule has 0 spiro atoms. The second kappa shape index (κ2) is 19.1. The fourth-order valence-corrected chi connectivity index (χ4v) is 5.60. The molecule has 0 aliphatic carbocycles. The summed E-state index contributed by atoms with van der Waals surface area (Å²) in [6.07, 6.45) is 0.831. The summed E-state index contributed by atoms with van der Waals surface area (Å²) < 4.78 is 11.5. The minimum absolute atomic E-state index is 0.111. The molecule has 2 aliphatic rings. The maximum absolute atomic E-state index is 10.9. The third-order valence-corrected chi connectivity index (χ3v) is 9.77. The lowest BCUT2D eigenvalue weighted by molar-refractivity contribution is -0.148. The van der Waals surface area contributed by atoms with Gasteiger partial charge in [0.25, 0.3) is 0 Å².